The fraction of sp³-hybridized carbons (Fsp3) is 0.333. The number of rotatable bonds is 5. The molecule has 2 aromatic heterocycles. The third-order valence-corrected chi connectivity index (χ3v) is 3.93. The third-order valence-electron chi connectivity index (χ3n) is 3.93. The molecule has 8 nitrogen and oxygen atoms in total. The zero-order valence-corrected chi connectivity index (χ0v) is 16.2. The molecule has 0 bridgehead atoms. The van der Waals surface area contributed by atoms with E-state index in [0.717, 1.165) is 6.07 Å². The fourth-order valence-electron chi connectivity index (χ4n) is 2.65. The number of alkyl halides is 3. The second kappa shape index (κ2) is 7.57. The van der Waals surface area contributed by atoms with E-state index in [4.69, 9.17) is 4.74 Å². The van der Waals surface area contributed by atoms with Gasteiger partial charge in [0.05, 0.1) is 17.4 Å². The molecule has 29 heavy (non-hydrogen) atoms. The Morgan fingerprint density at radius 2 is 1.97 bits per heavy atom. The summed E-state index contributed by atoms with van der Waals surface area (Å²) < 4.78 is 48.3. The highest BCUT2D eigenvalue weighted by atomic mass is 19.4. The minimum Gasteiger partial charge on any atom is -0.490 e. The number of aryl methyl sites for hydroxylation is 1. The van der Waals surface area contributed by atoms with Gasteiger partial charge in [-0.3, -0.25) is 9.48 Å². The van der Waals surface area contributed by atoms with Gasteiger partial charge in [-0.05, 0) is 39.0 Å². The van der Waals surface area contributed by atoms with E-state index < -0.39 is 23.8 Å². The van der Waals surface area contributed by atoms with E-state index in [0.29, 0.717) is 11.5 Å². The number of carbonyl (C=O) groups is 1. The van der Waals surface area contributed by atoms with Crippen LogP contribution in [0.4, 0.5) is 18.9 Å². The van der Waals surface area contributed by atoms with Crippen LogP contribution >= 0.6 is 0 Å². The average Bonchev–Trinajstić information content (AvgIpc) is 3.20. The number of amides is 1. The second-order valence-electron chi connectivity index (χ2n) is 6.61. The summed E-state index contributed by atoms with van der Waals surface area (Å²) in [6, 6.07) is 5.03. The number of halogens is 3. The molecule has 1 amide bonds. The van der Waals surface area contributed by atoms with E-state index in [1.165, 1.54) is 16.8 Å². The Hall–Kier alpha value is -3.37. The van der Waals surface area contributed by atoms with Gasteiger partial charge in [0.15, 0.2) is 11.5 Å². The number of carbonyl (C=O) groups excluding carboxylic acids is 1. The van der Waals surface area contributed by atoms with Crippen molar-refractivity contribution in [1.82, 2.24) is 24.8 Å². The molecule has 154 valence electrons. The minimum absolute atomic E-state index is 0.0216. The second-order valence-corrected chi connectivity index (χ2v) is 6.61. The van der Waals surface area contributed by atoms with Crippen molar-refractivity contribution in [2.45, 2.75) is 33.1 Å². The number of nitrogens with zero attached hydrogens (tertiary/aromatic N) is 5. The maximum atomic E-state index is 13.4. The normalized spacial score (nSPS) is 11.7. The number of ether oxygens (including phenoxy) is 1. The molecule has 0 spiro atoms. The molecule has 3 rings (SSSR count). The van der Waals surface area contributed by atoms with Gasteiger partial charge in [0.2, 0.25) is 0 Å². The van der Waals surface area contributed by atoms with Crippen molar-refractivity contribution in [3.63, 3.8) is 0 Å². The lowest BCUT2D eigenvalue weighted by Gasteiger charge is -2.17. The molecule has 3 aromatic rings. The Morgan fingerprint density at radius 1 is 1.24 bits per heavy atom. The molecule has 0 aliphatic carbocycles. The minimum atomic E-state index is -4.64. The van der Waals surface area contributed by atoms with Gasteiger partial charge in [-0.1, -0.05) is 5.21 Å². The monoisotopic (exact) mass is 408 g/mol. The van der Waals surface area contributed by atoms with E-state index in [9.17, 15) is 18.0 Å². The summed E-state index contributed by atoms with van der Waals surface area (Å²) in [5.74, 6) is -0.524. The lowest BCUT2D eigenvalue weighted by atomic mass is 10.1. The zero-order valence-electron chi connectivity index (χ0n) is 16.2. The first-order chi connectivity index (χ1) is 13.6. The standard InChI is InChI=1S/C18H19F3N6O2/c1-10(2)29-14-6-5-12(9-13(14)18(19,20)21)22-17(28)16-11(3)27(25-23-16)15-7-8-26(4)24-15/h5-10H,1-4H3,(H,22,28). The van der Waals surface area contributed by atoms with Gasteiger partial charge in [-0.25, -0.2) is 0 Å². The number of aromatic nitrogens is 5. The van der Waals surface area contributed by atoms with Crippen LogP contribution in [0.25, 0.3) is 5.82 Å². The molecule has 0 fully saturated rings. The van der Waals surface area contributed by atoms with E-state index in [1.54, 1.807) is 44.8 Å². The van der Waals surface area contributed by atoms with Crippen molar-refractivity contribution in [3.05, 3.63) is 47.4 Å². The van der Waals surface area contributed by atoms with Gasteiger partial charge >= 0.3 is 6.18 Å². The van der Waals surface area contributed by atoms with Crippen molar-refractivity contribution >= 4 is 11.6 Å². The summed E-state index contributed by atoms with van der Waals surface area (Å²) in [6.45, 7) is 4.87. The Bertz CT molecular complexity index is 1040. The first-order valence-electron chi connectivity index (χ1n) is 8.68. The summed E-state index contributed by atoms with van der Waals surface area (Å²) in [5.41, 5.74) is -0.633. The van der Waals surface area contributed by atoms with E-state index in [-0.39, 0.29) is 17.1 Å². The van der Waals surface area contributed by atoms with Gasteiger partial charge in [0, 0.05) is 25.0 Å². The quantitative estimate of drug-likeness (QED) is 0.700. The van der Waals surface area contributed by atoms with Gasteiger partial charge < -0.3 is 10.1 Å². The summed E-state index contributed by atoms with van der Waals surface area (Å²) >= 11 is 0. The predicted molar refractivity (Wildman–Crippen MR) is 98.0 cm³/mol. The van der Waals surface area contributed by atoms with Crippen LogP contribution in [0.15, 0.2) is 30.5 Å². The largest absolute Gasteiger partial charge is 0.490 e. The maximum Gasteiger partial charge on any atom is 0.420 e. The van der Waals surface area contributed by atoms with Crippen molar-refractivity contribution in [2.75, 3.05) is 5.32 Å². The van der Waals surface area contributed by atoms with Gasteiger partial charge in [-0.15, -0.1) is 5.10 Å². The summed E-state index contributed by atoms with van der Waals surface area (Å²) in [6.07, 6.45) is -3.36. The Balaban J connectivity index is 1.87. The van der Waals surface area contributed by atoms with Crippen LogP contribution in [0.2, 0.25) is 0 Å². The van der Waals surface area contributed by atoms with Gasteiger partial charge in [0.25, 0.3) is 5.91 Å². The SMILES string of the molecule is Cc1c(C(=O)Nc2ccc(OC(C)C)c(C(F)(F)F)c2)nnn1-c1ccn(C)n1. The number of benzene rings is 1. The lowest BCUT2D eigenvalue weighted by molar-refractivity contribution is -0.139. The third kappa shape index (κ3) is 4.39. The van der Waals surface area contributed by atoms with Crippen LogP contribution in [0.3, 0.4) is 0 Å². The molecule has 0 radical (unpaired) electrons. The van der Waals surface area contributed by atoms with E-state index in [2.05, 4.69) is 20.7 Å². The van der Waals surface area contributed by atoms with Gasteiger partial charge in [-0.2, -0.15) is 23.0 Å². The van der Waals surface area contributed by atoms with Crippen LogP contribution in [0, 0.1) is 6.92 Å². The molecular formula is C18H19F3N6O2. The van der Waals surface area contributed by atoms with Crippen LogP contribution in [0.1, 0.15) is 35.6 Å². The molecule has 1 aromatic carbocycles. The van der Waals surface area contributed by atoms with Crippen molar-refractivity contribution in [1.29, 1.82) is 0 Å². The van der Waals surface area contributed by atoms with E-state index in [1.807, 2.05) is 0 Å². The van der Waals surface area contributed by atoms with Crippen molar-refractivity contribution in [2.24, 2.45) is 7.05 Å². The average molecular weight is 408 g/mol. The number of anilines is 1. The maximum absolute atomic E-state index is 13.4. The molecule has 0 saturated heterocycles. The fourth-order valence-corrected chi connectivity index (χ4v) is 2.65. The topological polar surface area (TPSA) is 86.9 Å². The summed E-state index contributed by atoms with van der Waals surface area (Å²) in [7, 11) is 1.73. The van der Waals surface area contributed by atoms with Crippen LogP contribution in [0.5, 0.6) is 5.75 Å². The molecule has 0 aliphatic rings. The van der Waals surface area contributed by atoms with Crippen molar-refractivity contribution in [3.8, 4) is 11.6 Å². The zero-order chi connectivity index (χ0) is 21.3. The van der Waals surface area contributed by atoms with Crippen LogP contribution in [-0.2, 0) is 13.2 Å². The van der Waals surface area contributed by atoms with E-state index >= 15 is 0 Å². The molecule has 0 atom stereocenters. The molecule has 0 unspecified atom stereocenters. The highest BCUT2D eigenvalue weighted by molar-refractivity contribution is 6.03. The number of hydrogen-bond acceptors (Lipinski definition) is 5. The summed E-state index contributed by atoms with van der Waals surface area (Å²) in [5, 5.41) is 14.3. The molecular weight excluding hydrogens is 389 g/mol. The van der Waals surface area contributed by atoms with Crippen LogP contribution < -0.4 is 10.1 Å². The smallest absolute Gasteiger partial charge is 0.420 e. The molecule has 11 heteroatoms. The predicted octanol–water partition coefficient (Wildman–Crippen LogP) is 3.37. The Morgan fingerprint density at radius 3 is 2.55 bits per heavy atom. The molecule has 0 saturated carbocycles. The van der Waals surface area contributed by atoms with Gasteiger partial charge in [0.1, 0.15) is 5.75 Å². The molecule has 0 aliphatic heterocycles. The number of hydrogen-bond donors (Lipinski definition) is 1. The van der Waals surface area contributed by atoms with Crippen LogP contribution in [-0.4, -0.2) is 36.8 Å². The Kier molecular flexibility index (Phi) is 5.31. The molecule has 2 heterocycles. The number of nitrogens with one attached hydrogen (secondary N) is 1. The lowest BCUT2D eigenvalue weighted by Crippen LogP contribution is -2.16. The highest BCUT2D eigenvalue weighted by Gasteiger charge is 2.35. The first kappa shape index (κ1) is 20.4. The first-order valence-corrected chi connectivity index (χ1v) is 8.68. The Labute approximate surface area is 164 Å². The summed E-state index contributed by atoms with van der Waals surface area (Å²) in [4.78, 5) is 12.5. The highest BCUT2D eigenvalue weighted by Crippen LogP contribution is 2.38. The molecule has 1 N–H and O–H groups in total. The van der Waals surface area contributed by atoms with Crippen molar-refractivity contribution < 1.29 is 22.7 Å².